The number of likely N-dealkylation sites (N-methyl/N-ethyl adjacent to an activating group) is 1. The second-order valence-electron chi connectivity index (χ2n) is 8.88. The number of halogens is 1. The molecule has 3 aromatic rings. The highest BCUT2D eigenvalue weighted by molar-refractivity contribution is 7.16. The fourth-order valence-corrected chi connectivity index (χ4v) is 5.82. The number of thiophene rings is 1. The van der Waals surface area contributed by atoms with Gasteiger partial charge in [-0.05, 0) is 62.6 Å². The van der Waals surface area contributed by atoms with Gasteiger partial charge < -0.3 is 25.2 Å². The van der Waals surface area contributed by atoms with Crippen LogP contribution in [0.1, 0.15) is 33.6 Å². The second-order valence-corrected chi connectivity index (χ2v) is 9.99. The van der Waals surface area contributed by atoms with E-state index in [9.17, 15) is 9.18 Å². The standard InChI is InChI=1S/C25H29FN6O2S/c1-31-11-13-32(14-12-31)17-9-7-16(8-10-17)28-25-27-15-19(26)22(30-25)29-23-21(24(33)34-2)18-5-3-4-6-20(18)35-23/h7-10,15H,3-6,11-14H2,1-2H3,(H2,27,28,29,30). The van der Waals surface area contributed by atoms with Crippen molar-refractivity contribution >= 4 is 45.4 Å². The summed E-state index contributed by atoms with van der Waals surface area (Å²) in [6, 6.07) is 8.07. The van der Waals surface area contributed by atoms with E-state index in [1.165, 1.54) is 24.1 Å². The van der Waals surface area contributed by atoms with Crippen molar-refractivity contribution in [3.63, 3.8) is 0 Å². The molecule has 5 rings (SSSR count). The van der Waals surface area contributed by atoms with Gasteiger partial charge in [-0.1, -0.05) is 0 Å². The minimum atomic E-state index is -0.594. The van der Waals surface area contributed by atoms with E-state index in [0.29, 0.717) is 10.6 Å². The number of nitrogens with one attached hydrogen (secondary N) is 2. The number of aromatic nitrogens is 2. The zero-order chi connectivity index (χ0) is 24.4. The van der Waals surface area contributed by atoms with Gasteiger partial charge in [-0.3, -0.25) is 0 Å². The van der Waals surface area contributed by atoms with E-state index >= 15 is 0 Å². The molecular weight excluding hydrogens is 467 g/mol. The Balaban J connectivity index is 1.34. The van der Waals surface area contributed by atoms with Crippen LogP contribution in [-0.2, 0) is 17.6 Å². The number of benzene rings is 1. The molecule has 3 heterocycles. The highest BCUT2D eigenvalue weighted by Gasteiger charge is 2.27. The van der Waals surface area contributed by atoms with Crippen LogP contribution in [0, 0.1) is 5.82 Å². The number of nitrogens with zero attached hydrogens (tertiary/aromatic N) is 4. The minimum Gasteiger partial charge on any atom is -0.465 e. The second kappa shape index (κ2) is 10.2. The fourth-order valence-electron chi connectivity index (χ4n) is 4.54. The molecule has 0 amide bonds. The first kappa shape index (κ1) is 23.5. The number of hydrogen-bond acceptors (Lipinski definition) is 9. The van der Waals surface area contributed by atoms with Crippen molar-refractivity contribution < 1.29 is 13.9 Å². The Labute approximate surface area is 208 Å². The van der Waals surface area contributed by atoms with E-state index < -0.39 is 11.8 Å². The van der Waals surface area contributed by atoms with Crippen LogP contribution >= 0.6 is 11.3 Å². The van der Waals surface area contributed by atoms with E-state index in [0.717, 1.165) is 74.2 Å². The predicted molar refractivity (Wildman–Crippen MR) is 137 cm³/mol. The van der Waals surface area contributed by atoms with Crippen LogP contribution in [0.4, 0.5) is 32.5 Å². The van der Waals surface area contributed by atoms with Crippen molar-refractivity contribution in [2.45, 2.75) is 25.7 Å². The average Bonchev–Trinajstić information content (AvgIpc) is 3.24. The monoisotopic (exact) mass is 496 g/mol. The molecule has 8 nitrogen and oxygen atoms in total. The maximum atomic E-state index is 14.6. The Bertz CT molecular complexity index is 1210. The summed E-state index contributed by atoms with van der Waals surface area (Å²) >= 11 is 1.47. The lowest BCUT2D eigenvalue weighted by atomic mass is 9.95. The maximum Gasteiger partial charge on any atom is 0.341 e. The minimum absolute atomic E-state index is 0.0142. The number of carbonyl (C=O) groups is 1. The smallest absolute Gasteiger partial charge is 0.341 e. The highest BCUT2D eigenvalue weighted by atomic mass is 32.1. The average molecular weight is 497 g/mol. The van der Waals surface area contributed by atoms with Gasteiger partial charge in [0.2, 0.25) is 5.95 Å². The molecule has 0 atom stereocenters. The van der Waals surface area contributed by atoms with Crippen molar-refractivity contribution in [2.24, 2.45) is 0 Å². The summed E-state index contributed by atoms with van der Waals surface area (Å²) in [5.41, 5.74) is 3.47. The van der Waals surface area contributed by atoms with Crippen LogP contribution in [0.3, 0.4) is 0 Å². The predicted octanol–water partition coefficient (Wildman–Crippen LogP) is 4.58. The number of aryl methyl sites for hydroxylation is 1. The van der Waals surface area contributed by atoms with Crippen LogP contribution in [-0.4, -0.2) is 61.2 Å². The van der Waals surface area contributed by atoms with E-state index in [-0.39, 0.29) is 11.8 Å². The molecule has 1 aromatic carbocycles. The largest absolute Gasteiger partial charge is 0.465 e. The Morgan fingerprint density at radius 2 is 1.83 bits per heavy atom. The Morgan fingerprint density at radius 1 is 1.09 bits per heavy atom. The summed E-state index contributed by atoms with van der Waals surface area (Å²) in [6.45, 7) is 4.09. The molecule has 2 aliphatic rings. The molecule has 0 spiro atoms. The number of carbonyl (C=O) groups excluding carboxylic acids is 1. The zero-order valence-electron chi connectivity index (χ0n) is 19.9. The molecule has 1 aliphatic heterocycles. The Kier molecular flexibility index (Phi) is 6.83. The summed E-state index contributed by atoms with van der Waals surface area (Å²) in [5, 5.41) is 6.74. The summed E-state index contributed by atoms with van der Waals surface area (Å²) < 4.78 is 19.7. The lowest BCUT2D eigenvalue weighted by Crippen LogP contribution is -2.44. The van der Waals surface area contributed by atoms with E-state index in [2.05, 4.69) is 49.6 Å². The third kappa shape index (κ3) is 5.08. The molecule has 35 heavy (non-hydrogen) atoms. The third-order valence-electron chi connectivity index (χ3n) is 6.53. The van der Waals surface area contributed by atoms with Gasteiger partial charge in [0.1, 0.15) is 5.00 Å². The molecular formula is C25H29FN6O2S. The van der Waals surface area contributed by atoms with E-state index in [1.807, 2.05) is 12.1 Å². The third-order valence-corrected chi connectivity index (χ3v) is 7.74. The van der Waals surface area contributed by atoms with Gasteiger partial charge in [0, 0.05) is 42.4 Å². The molecule has 184 valence electrons. The number of methoxy groups -OCH3 is 1. The molecule has 0 radical (unpaired) electrons. The number of anilines is 5. The van der Waals surface area contributed by atoms with Gasteiger partial charge in [-0.25, -0.2) is 14.2 Å². The summed E-state index contributed by atoms with van der Waals surface area (Å²) in [4.78, 5) is 26.8. The van der Waals surface area contributed by atoms with Crippen molar-refractivity contribution in [2.75, 3.05) is 55.9 Å². The zero-order valence-corrected chi connectivity index (χ0v) is 20.8. The number of piperazine rings is 1. The molecule has 1 fully saturated rings. The molecule has 2 aromatic heterocycles. The highest BCUT2D eigenvalue weighted by Crippen LogP contribution is 2.40. The van der Waals surface area contributed by atoms with E-state index in [1.54, 1.807) is 0 Å². The Morgan fingerprint density at radius 3 is 2.57 bits per heavy atom. The lowest BCUT2D eigenvalue weighted by Gasteiger charge is -2.34. The topological polar surface area (TPSA) is 82.6 Å². The van der Waals surface area contributed by atoms with Gasteiger partial charge in [-0.2, -0.15) is 4.98 Å². The van der Waals surface area contributed by atoms with Crippen LogP contribution < -0.4 is 15.5 Å². The summed E-state index contributed by atoms with van der Waals surface area (Å²) in [6.07, 6.45) is 4.96. The van der Waals surface area contributed by atoms with Gasteiger partial charge in [0.25, 0.3) is 0 Å². The maximum absolute atomic E-state index is 14.6. The molecule has 0 unspecified atom stereocenters. The number of hydrogen-bond donors (Lipinski definition) is 2. The number of rotatable bonds is 6. The molecule has 2 N–H and O–H groups in total. The van der Waals surface area contributed by atoms with Crippen molar-refractivity contribution in [3.8, 4) is 0 Å². The first-order valence-corrected chi connectivity index (χ1v) is 12.7. The number of ether oxygens (including phenoxy) is 1. The van der Waals surface area contributed by atoms with Gasteiger partial charge in [0.15, 0.2) is 11.6 Å². The first-order chi connectivity index (χ1) is 17.0. The fraction of sp³-hybridized carbons (Fsp3) is 0.400. The number of fused-ring (bicyclic) bond motifs is 1. The first-order valence-electron chi connectivity index (χ1n) is 11.8. The molecule has 1 saturated heterocycles. The van der Waals surface area contributed by atoms with Crippen molar-refractivity contribution in [1.82, 2.24) is 14.9 Å². The van der Waals surface area contributed by atoms with Crippen LogP contribution in [0.2, 0.25) is 0 Å². The van der Waals surface area contributed by atoms with Crippen molar-refractivity contribution in [1.29, 1.82) is 0 Å². The normalized spacial score (nSPS) is 16.0. The van der Waals surface area contributed by atoms with Crippen LogP contribution in [0.5, 0.6) is 0 Å². The van der Waals surface area contributed by atoms with Gasteiger partial charge in [-0.15, -0.1) is 11.3 Å². The van der Waals surface area contributed by atoms with Crippen LogP contribution in [0.15, 0.2) is 30.5 Å². The Hall–Kier alpha value is -3.24. The number of esters is 1. The molecule has 1 aliphatic carbocycles. The quantitative estimate of drug-likeness (QED) is 0.480. The van der Waals surface area contributed by atoms with Crippen molar-refractivity contribution in [3.05, 3.63) is 52.3 Å². The summed E-state index contributed by atoms with van der Waals surface area (Å²) in [7, 11) is 3.50. The SMILES string of the molecule is COC(=O)c1c(Nc2nc(Nc3ccc(N4CCN(C)CC4)cc3)ncc2F)sc2c1CCCC2. The molecule has 0 saturated carbocycles. The van der Waals surface area contributed by atoms with Gasteiger partial charge >= 0.3 is 5.97 Å². The lowest BCUT2D eigenvalue weighted by molar-refractivity contribution is 0.0601. The van der Waals surface area contributed by atoms with Crippen LogP contribution in [0.25, 0.3) is 0 Å². The van der Waals surface area contributed by atoms with Gasteiger partial charge in [0.05, 0.1) is 18.9 Å². The van der Waals surface area contributed by atoms with E-state index in [4.69, 9.17) is 4.74 Å². The summed E-state index contributed by atoms with van der Waals surface area (Å²) in [5.74, 6) is -0.731. The molecule has 0 bridgehead atoms. The molecule has 10 heteroatoms.